The van der Waals surface area contributed by atoms with Gasteiger partial charge in [0.15, 0.2) is 0 Å². The molecule has 2 N–H and O–H groups in total. The van der Waals surface area contributed by atoms with E-state index in [0.717, 1.165) is 13.0 Å². The van der Waals surface area contributed by atoms with Crippen LogP contribution in [0.25, 0.3) is 0 Å². The van der Waals surface area contributed by atoms with Crippen molar-refractivity contribution in [3.05, 3.63) is 12.7 Å². The fourth-order valence-electron chi connectivity index (χ4n) is 0.976. The van der Waals surface area contributed by atoms with Crippen molar-refractivity contribution in [3.63, 3.8) is 0 Å². The Morgan fingerprint density at radius 3 is 2.67 bits per heavy atom. The number of hydrogen-bond acceptors (Lipinski definition) is 1. The number of hydrogen-bond donors (Lipinski definition) is 1. The Hall–Kier alpha value is -0.300. The molecule has 0 spiro atoms. The van der Waals surface area contributed by atoms with Crippen molar-refractivity contribution in [2.24, 2.45) is 11.7 Å². The number of allylic oxidation sites excluding steroid dienone is 1. The lowest BCUT2D eigenvalue weighted by Crippen LogP contribution is -2.12. The zero-order chi connectivity index (χ0) is 7.11. The van der Waals surface area contributed by atoms with Gasteiger partial charge in [-0.05, 0) is 25.3 Å². The SMILES string of the molecule is C=CCC(CN)CCC. The molecule has 0 saturated carbocycles. The largest absolute Gasteiger partial charge is 0.330 e. The lowest BCUT2D eigenvalue weighted by atomic mass is 10.0. The maximum Gasteiger partial charge on any atom is -0.00459 e. The van der Waals surface area contributed by atoms with E-state index >= 15 is 0 Å². The average Bonchev–Trinajstić information content (AvgIpc) is 1.88. The average molecular weight is 127 g/mol. The highest BCUT2D eigenvalue weighted by molar-refractivity contribution is 4.73. The summed E-state index contributed by atoms with van der Waals surface area (Å²) in [6.07, 6.45) is 5.50. The van der Waals surface area contributed by atoms with Crippen LogP contribution in [0.15, 0.2) is 12.7 Å². The zero-order valence-corrected chi connectivity index (χ0v) is 6.27. The molecule has 1 nitrogen and oxygen atoms in total. The molecule has 1 unspecified atom stereocenters. The van der Waals surface area contributed by atoms with E-state index in [2.05, 4.69) is 13.5 Å². The van der Waals surface area contributed by atoms with E-state index in [9.17, 15) is 0 Å². The third-order valence-electron chi connectivity index (χ3n) is 1.53. The van der Waals surface area contributed by atoms with Crippen LogP contribution in [0.2, 0.25) is 0 Å². The van der Waals surface area contributed by atoms with Gasteiger partial charge in [-0.2, -0.15) is 0 Å². The van der Waals surface area contributed by atoms with E-state index in [1.165, 1.54) is 12.8 Å². The van der Waals surface area contributed by atoms with Crippen molar-refractivity contribution in [2.45, 2.75) is 26.2 Å². The van der Waals surface area contributed by atoms with E-state index in [1.807, 2.05) is 6.08 Å². The standard InChI is InChI=1S/C8H17N/c1-3-5-8(7-9)6-4-2/h3,8H,1,4-7,9H2,2H3. The summed E-state index contributed by atoms with van der Waals surface area (Å²) in [5.41, 5.74) is 5.50. The molecule has 54 valence electrons. The molecule has 0 aliphatic carbocycles. The fraction of sp³-hybridized carbons (Fsp3) is 0.750. The van der Waals surface area contributed by atoms with Crippen LogP contribution in [0.5, 0.6) is 0 Å². The molecule has 0 aliphatic heterocycles. The van der Waals surface area contributed by atoms with Crippen LogP contribution in [0, 0.1) is 5.92 Å². The van der Waals surface area contributed by atoms with E-state index < -0.39 is 0 Å². The monoisotopic (exact) mass is 127 g/mol. The van der Waals surface area contributed by atoms with E-state index in [0.29, 0.717) is 5.92 Å². The first kappa shape index (κ1) is 8.70. The quantitative estimate of drug-likeness (QED) is 0.561. The Labute approximate surface area is 57.9 Å². The summed E-state index contributed by atoms with van der Waals surface area (Å²) in [7, 11) is 0. The summed E-state index contributed by atoms with van der Waals surface area (Å²) in [5, 5.41) is 0. The maximum atomic E-state index is 5.50. The van der Waals surface area contributed by atoms with E-state index in [-0.39, 0.29) is 0 Å². The molecule has 0 aromatic rings. The Bertz CT molecular complexity index is 69.0. The van der Waals surface area contributed by atoms with Crippen LogP contribution >= 0.6 is 0 Å². The predicted molar refractivity (Wildman–Crippen MR) is 42.3 cm³/mol. The fourth-order valence-corrected chi connectivity index (χ4v) is 0.976. The minimum absolute atomic E-state index is 0.674. The highest BCUT2D eigenvalue weighted by Crippen LogP contribution is 2.08. The summed E-state index contributed by atoms with van der Waals surface area (Å²) >= 11 is 0. The Balaban J connectivity index is 3.28. The van der Waals surface area contributed by atoms with Gasteiger partial charge < -0.3 is 5.73 Å². The van der Waals surface area contributed by atoms with Crippen LogP contribution in [-0.2, 0) is 0 Å². The second-order valence-electron chi connectivity index (χ2n) is 2.41. The highest BCUT2D eigenvalue weighted by Gasteiger charge is 2.00. The second kappa shape index (κ2) is 5.83. The zero-order valence-electron chi connectivity index (χ0n) is 6.27. The molecule has 0 aliphatic rings. The number of rotatable bonds is 5. The van der Waals surface area contributed by atoms with Crippen LogP contribution < -0.4 is 5.73 Å². The molecule has 0 fully saturated rings. The van der Waals surface area contributed by atoms with Crippen molar-refractivity contribution in [2.75, 3.05) is 6.54 Å². The van der Waals surface area contributed by atoms with Crippen LogP contribution in [0.3, 0.4) is 0 Å². The summed E-state index contributed by atoms with van der Waals surface area (Å²) in [4.78, 5) is 0. The molecule has 0 rings (SSSR count). The van der Waals surface area contributed by atoms with Gasteiger partial charge in [0.05, 0.1) is 0 Å². The van der Waals surface area contributed by atoms with E-state index in [1.54, 1.807) is 0 Å². The van der Waals surface area contributed by atoms with Crippen LogP contribution in [-0.4, -0.2) is 6.54 Å². The van der Waals surface area contributed by atoms with Gasteiger partial charge in [0.25, 0.3) is 0 Å². The maximum absolute atomic E-state index is 5.50. The van der Waals surface area contributed by atoms with Crippen molar-refractivity contribution in [3.8, 4) is 0 Å². The van der Waals surface area contributed by atoms with Gasteiger partial charge in [0.1, 0.15) is 0 Å². The Morgan fingerprint density at radius 2 is 2.33 bits per heavy atom. The summed E-state index contributed by atoms with van der Waals surface area (Å²) in [6.45, 7) is 6.67. The third-order valence-corrected chi connectivity index (χ3v) is 1.53. The predicted octanol–water partition coefficient (Wildman–Crippen LogP) is 1.94. The van der Waals surface area contributed by atoms with Crippen molar-refractivity contribution in [1.82, 2.24) is 0 Å². The molecule has 9 heavy (non-hydrogen) atoms. The van der Waals surface area contributed by atoms with Crippen LogP contribution in [0.4, 0.5) is 0 Å². The molecule has 0 saturated heterocycles. The lowest BCUT2D eigenvalue weighted by molar-refractivity contribution is 0.496. The Kier molecular flexibility index (Phi) is 5.64. The molecular weight excluding hydrogens is 110 g/mol. The van der Waals surface area contributed by atoms with Gasteiger partial charge in [0.2, 0.25) is 0 Å². The van der Waals surface area contributed by atoms with Gasteiger partial charge in [0, 0.05) is 0 Å². The molecule has 0 amide bonds. The van der Waals surface area contributed by atoms with Crippen molar-refractivity contribution < 1.29 is 0 Å². The topological polar surface area (TPSA) is 26.0 Å². The van der Waals surface area contributed by atoms with Gasteiger partial charge >= 0.3 is 0 Å². The van der Waals surface area contributed by atoms with Crippen LogP contribution in [0.1, 0.15) is 26.2 Å². The lowest BCUT2D eigenvalue weighted by Gasteiger charge is -2.08. The van der Waals surface area contributed by atoms with Gasteiger partial charge in [-0.25, -0.2) is 0 Å². The normalized spacial score (nSPS) is 13.1. The highest BCUT2D eigenvalue weighted by atomic mass is 14.5. The van der Waals surface area contributed by atoms with Crippen molar-refractivity contribution in [1.29, 1.82) is 0 Å². The van der Waals surface area contributed by atoms with Crippen molar-refractivity contribution >= 4 is 0 Å². The van der Waals surface area contributed by atoms with Gasteiger partial charge in [-0.3, -0.25) is 0 Å². The molecular formula is C8H17N. The molecule has 0 aromatic heterocycles. The molecule has 0 aromatic carbocycles. The minimum Gasteiger partial charge on any atom is -0.330 e. The first-order valence-corrected chi connectivity index (χ1v) is 3.66. The number of nitrogens with two attached hydrogens (primary N) is 1. The molecule has 1 atom stereocenters. The smallest absolute Gasteiger partial charge is 0.00459 e. The molecule has 0 bridgehead atoms. The molecule has 0 heterocycles. The van der Waals surface area contributed by atoms with Gasteiger partial charge in [-0.15, -0.1) is 6.58 Å². The van der Waals surface area contributed by atoms with E-state index in [4.69, 9.17) is 5.73 Å². The molecule has 1 heteroatoms. The summed E-state index contributed by atoms with van der Waals surface area (Å²) in [5.74, 6) is 0.674. The Morgan fingerprint density at radius 1 is 1.67 bits per heavy atom. The first-order chi connectivity index (χ1) is 4.35. The second-order valence-corrected chi connectivity index (χ2v) is 2.41. The summed E-state index contributed by atoms with van der Waals surface area (Å²) in [6, 6.07) is 0. The first-order valence-electron chi connectivity index (χ1n) is 3.66. The van der Waals surface area contributed by atoms with Gasteiger partial charge in [-0.1, -0.05) is 19.4 Å². The summed E-state index contributed by atoms with van der Waals surface area (Å²) < 4.78 is 0. The third kappa shape index (κ3) is 4.22. The molecule has 0 radical (unpaired) electrons. The minimum atomic E-state index is 0.674.